The Morgan fingerprint density at radius 2 is 1.79 bits per heavy atom. The zero-order chi connectivity index (χ0) is 11.2. The Morgan fingerprint density at radius 3 is 2.14 bits per heavy atom. The van der Waals surface area contributed by atoms with Crippen molar-refractivity contribution >= 4 is 11.9 Å². The number of carbonyl (C=O) groups is 2. The monoisotopic (exact) mass is 202 g/mol. The molecule has 0 saturated heterocycles. The van der Waals surface area contributed by atoms with Crippen molar-refractivity contribution in [3.8, 4) is 0 Å². The van der Waals surface area contributed by atoms with E-state index in [-0.39, 0.29) is 18.5 Å². The summed E-state index contributed by atoms with van der Waals surface area (Å²) in [6.45, 7) is 6.55. The molecule has 0 aromatic heterocycles. The molecule has 0 heterocycles. The van der Waals surface area contributed by atoms with Crippen molar-refractivity contribution in [3.63, 3.8) is 0 Å². The molecule has 4 nitrogen and oxygen atoms in total. The van der Waals surface area contributed by atoms with E-state index in [0.29, 0.717) is 6.42 Å². The zero-order valence-corrected chi connectivity index (χ0v) is 9.25. The number of rotatable bonds is 5. The zero-order valence-electron chi connectivity index (χ0n) is 9.25. The first-order valence-corrected chi connectivity index (χ1v) is 4.72. The Morgan fingerprint density at radius 1 is 1.21 bits per heavy atom. The first-order valence-electron chi connectivity index (χ1n) is 4.72. The van der Waals surface area contributed by atoms with Gasteiger partial charge in [0.05, 0.1) is 0 Å². The summed E-state index contributed by atoms with van der Waals surface area (Å²) in [5, 5.41) is 0. The summed E-state index contributed by atoms with van der Waals surface area (Å²) in [4.78, 5) is 21.4. The van der Waals surface area contributed by atoms with Crippen LogP contribution < -0.4 is 0 Å². The predicted octanol–water partition coefficient (Wildman–Crippen LogP) is 1.67. The molecule has 0 aromatic carbocycles. The third-order valence-corrected chi connectivity index (χ3v) is 1.75. The van der Waals surface area contributed by atoms with Gasteiger partial charge in [-0.1, -0.05) is 13.3 Å². The SMILES string of the molecule is CCCC(C)(COC(C)=O)OC(C)=O. The van der Waals surface area contributed by atoms with Crippen LogP contribution >= 0.6 is 0 Å². The topological polar surface area (TPSA) is 52.6 Å². The van der Waals surface area contributed by atoms with E-state index in [9.17, 15) is 9.59 Å². The van der Waals surface area contributed by atoms with Gasteiger partial charge in [-0.25, -0.2) is 0 Å². The van der Waals surface area contributed by atoms with Crippen LogP contribution in [-0.2, 0) is 19.1 Å². The lowest BCUT2D eigenvalue weighted by atomic mass is 10.0. The summed E-state index contributed by atoms with van der Waals surface area (Å²) >= 11 is 0. The average Bonchev–Trinajstić information content (AvgIpc) is 2.00. The highest BCUT2D eigenvalue weighted by Gasteiger charge is 2.28. The molecular formula is C10H18O4. The molecule has 0 aliphatic carbocycles. The van der Waals surface area contributed by atoms with Crippen molar-refractivity contribution in [2.24, 2.45) is 0 Å². The molecular weight excluding hydrogens is 184 g/mol. The summed E-state index contributed by atoms with van der Waals surface area (Å²) in [6, 6.07) is 0. The van der Waals surface area contributed by atoms with Crippen molar-refractivity contribution in [1.29, 1.82) is 0 Å². The van der Waals surface area contributed by atoms with Gasteiger partial charge >= 0.3 is 11.9 Å². The molecule has 4 heteroatoms. The minimum Gasteiger partial charge on any atom is -0.462 e. The van der Waals surface area contributed by atoms with E-state index in [1.807, 2.05) is 6.92 Å². The fraction of sp³-hybridized carbons (Fsp3) is 0.800. The van der Waals surface area contributed by atoms with Crippen LogP contribution in [0.4, 0.5) is 0 Å². The Hall–Kier alpha value is -1.06. The van der Waals surface area contributed by atoms with Crippen molar-refractivity contribution < 1.29 is 19.1 Å². The van der Waals surface area contributed by atoms with Gasteiger partial charge < -0.3 is 9.47 Å². The predicted molar refractivity (Wildman–Crippen MR) is 51.7 cm³/mol. The van der Waals surface area contributed by atoms with Crippen molar-refractivity contribution in [2.75, 3.05) is 6.61 Å². The molecule has 0 aromatic rings. The maximum Gasteiger partial charge on any atom is 0.303 e. The first kappa shape index (κ1) is 12.9. The van der Waals surface area contributed by atoms with Crippen LogP contribution in [0.2, 0.25) is 0 Å². The molecule has 14 heavy (non-hydrogen) atoms. The Labute approximate surface area is 84.6 Å². The van der Waals surface area contributed by atoms with Gasteiger partial charge in [-0.2, -0.15) is 0 Å². The third-order valence-electron chi connectivity index (χ3n) is 1.75. The van der Waals surface area contributed by atoms with Crippen LogP contribution in [0.3, 0.4) is 0 Å². The van der Waals surface area contributed by atoms with E-state index in [2.05, 4.69) is 0 Å². The van der Waals surface area contributed by atoms with Gasteiger partial charge in [0.25, 0.3) is 0 Å². The minimum atomic E-state index is -0.688. The maximum atomic E-state index is 10.8. The van der Waals surface area contributed by atoms with Gasteiger partial charge in [-0.3, -0.25) is 9.59 Å². The summed E-state index contributed by atoms with van der Waals surface area (Å²) in [6.07, 6.45) is 1.55. The molecule has 1 unspecified atom stereocenters. The van der Waals surface area contributed by atoms with Gasteiger partial charge in [0.2, 0.25) is 0 Å². The van der Waals surface area contributed by atoms with Gasteiger partial charge in [-0.05, 0) is 13.3 Å². The lowest BCUT2D eigenvalue weighted by Crippen LogP contribution is -2.36. The van der Waals surface area contributed by atoms with E-state index >= 15 is 0 Å². The molecule has 82 valence electrons. The lowest BCUT2D eigenvalue weighted by Gasteiger charge is -2.27. The average molecular weight is 202 g/mol. The highest BCUT2D eigenvalue weighted by atomic mass is 16.6. The lowest BCUT2D eigenvalue weighted by molar-refractivity contribution is -0.168. The largest absolute Gasteiger partial charge is 0.462 e. The van der Waals surface area contributed by atoms with Gasteiger partial charge in [0.1, 0.15) is 12.2 Å². The van der Waals surface area contributed by atoms with Gasteiger partial charge in [-0.15, -0.1) is 0 Å². The summed E-state index contributed by atoms with van der Waals surface area (Å²) in [7, 11) is 0. The number of ether oxygens (including phenoxy) is 2. The normalized spacial score (nSPS) is 14.3. The van der Waals surface area contributed by atoms with Crippen LogP contribution in [0, 0.1) is 0 Å². The first-order chi connectivity index (χ1) is 6.39. The van der Waals surface area contributed by atoms with Gasteiger partial charge in [0.15, 0.2) is 0 Å². The molecule has 0 amide bonds. The summed E-state index contributed by atoms with van der Waals surface area (Å²) < 4.78 is 9.96. The molecule has 1 atom stereocenters. The Balaban J connectivity index is 4.22. The molecule has 0 saturated carbocycles. The van der Waals surface area contributed by atoms with Crippen LogP contribution in [0.1, 0.15) is 40.5 Å². The highest BCUT2D eigenvalue weighted by molar-refractivity contribution is 5.67. The molecule has 0 aliphatic heterocycles. The number of hydrogen-bond acceptors (Lipinski definition) is 4. The molecule has 0 spiro atoms. The quantitative estimate of drug-likeness (QED) is 0.636. The minimum absolute atomic E-state index is 0.121. The fourth-order valence-corrected chi connectivity index (χ4v) is 1.28. The molecule has 0 aliphatic rings. The molecule has 0 radical (unpaired) electrons. The Bertz CT molecular complexity index is 212. The van der Waals surface area contributed by atoms with E-state index in [1.54, 1.807) is 6.92 Å². The molecule has 0 bridgehead atoms. The fourth-order valence-electron chi connectivity index (χ4n) is 1.28. The smallest absolute Gasteiger partial charge is 0.303 e. The summed E-state index contributed by atoms with van der Waals surface area (Å²) in [5.41, 5.74) is -0.688. The van der Waals surface area contributed by atoms with Crippen LogP contribution in [0.5, 0.6) is 0 Å². The van der Waals surface area contributed by atoms with E-state index < -0.39 is 5.60 Å². The third kappa shape index (κ3) is 5.56. The number of esters is 2. The van der Waals surface area contributed by atoms with Crippen molar-refractivity contribution in [1.82, 2.24) is 0 Å². The highest BCUT2D eigenvalue weighted by Crippen LogP contribution is 2.18. The van der Waals surface area contributed by atoms with Crippen LogP contribution in [-0.4, -0.2) is 24.1 Å². The second-order valence-electron chi connectivity index (χ2n) is 3.57. The van der Waals surface area contributed by atoms with E-state index in [0.717, 1.165) is 6.42 Å². The number of carbonyl (C=O) groups excluding carboxylic acids is 2. The standard InChI is InChI=1S/C10H18O4/c1-5-6-10(4,14-9(3)12)7-13-8(2)11/h5-7H2,1-4H3. The molecule has 0 rings (SSSR count). The van der Waals surface area contributed by atoms with Crippen molar-refractivity contribution in [2.45, 2.75) is 46.1 Å². The molecule has 0 N–H and O–H groups in total. The second kappa shape index (κ2) is 5.62. The van der Waals surface area contributed by atoms with Crippen LogP contribution in [0.25, 0.3) is 0 Å². The van der Waals surface area contributed by atoms with E-state index in [4.69, 9.17) is 9.47 Å². The van der Waals surface area contributed by atoms with Gasteiger partial charge in [0, 0.05) is 13.8 Å². The van der Waals surface area contributed by atoms with Crippen LogP contribution in [0.15, 0.2) is 0 Å². The number of hydrogen-bond donors (Lipinski definition) is 0. The van der Waals surface area contributed by atoms with E-state index in [1.165, 1.54) is 13.8 Å². The van der Waals surface area contributed by atoms with Crippen molar-refractivity contribution in [3.05, 3.63) is 0 Å². The molecule has 0 fully saturated rings. The Kier molecular flexibility index (Phi) is 5.20. The second-order valence-corrected chi connectivity index (χ2v) is 3.57. The maximum absolute atomic E-state index is 10.8. The summed E-state index contributed by atoms with van der Waals surface area (Å²) in [5.74, 6) is -0.715.